The first-order chi connectivity index (χ1) is 14.1. The predicted molar refractivity (Wildman–Crippen MR) is 112 cm³/mol. The van der Waals surface area contributed by atoms with Crippen molar-refractivity contribution in [3.05, 3.63) is 88.1 Å². The van der Waals surface area contributed by atoms with Crippen LogP contribution in [0, 0.1) is 0 Å². The standard InChI is InChI=1S/C23H26N4O2/c1-25-23(29)27(17-12-18-8-4-2-5-9-18)21(24-25)19-13-15-26(16-14-19)22(28)20-10-6-3-7-11-20/h2-11,19H,12-17H2,1H3. The van der Waals surface area contributed by atoms with Crippen LogP contribution in [0.3, 0.4) is 0 Å². The van der Waals surface area contributed by atoms with Crippen LogP contribution in [0.1, 0.15) is 40.5 Å². The van der Waals surface area contributed by atoms with Gasteiger partial charge in [-0.05, 0) is 37.0 Å². The third kappa shape index (κ3) is 4.16. The topological polar surface area (TPSA) is 60.1 Å². The average Bonchev–Trinajstić information content (AvgIpc) is 3.07. The van der Waals surface area contributed by atoms with Crippen molar-refractivity contribution in [3.8, 4) is 0 Å². The van der Waals surface area contributed by atoms with E-state index in [0.717, 1.165) is 30.7 Å². The molecule has 6 nitrogen and oxygen atoms in total. The van der Waals surface area contributed by atoms with E-state index in [-0.39, 0.29) is 17.5 Å². The van der Waals surface area contributed by atoms with Crippen molar-refractivity contribution in [1.29, 1.82) is 0 Å². The van der Waals surface area contributed by atoms with E-state index < -0.39 is 0 Å². The van der Waals surface area contributed by atoms with Crippen LogP contribution in [0.5, 0.6) is 0 Å². The molecule has 0 saturated carbocycles. The molecule has 0 N–H and O–H groups in total. The van der Waals surface area contributed by atoms with Crippen LogP contribution in [0.25, 0.3) is 0 Å². The summed E-state index contributed by atoms with van der Waals surface area (Å²) in [6.07, 6.45) is 2.44. The first-order valence-corrected chi connectivity index (χ1v) is 10.2. The Bertz CT molecular complexity index is 1020. The fourth-order valence-corrected chi connectivity index (χ4v) is 4.03. The molecule has 1 amide bonds. The second-order valence-corrected chi connectivity index (χ2v) is 7.58. The van der Waals surface area contributed by atoms with Crippen LogP contribution >= 0.6 is 0 Å². The van der Waals surface area contributed by atoms with Gasteiger partial charge in [0.15, 0.2) is 0 Å². The Hall–Kier alpha value is -3.15. The van der Waals surface area contributed by atoms with Gasteiger partial charge in [0, 0.05) is 38.2 Å². The first kappa shape index (κ1) is 19.2. The summed E-state index contributed by atoms with van der Waals surface area (Å²) in [4.78, 5) is 27.2. The third-order valence-electron chi connectivity index (χ3n) is 5.67. The van der Waals surface area contributed by atoms with Crippen molar-refractivity contribution >= 4 is 5.91 Å². The van der Waals surface area contributed by atoms with Crippen LogP contribution < -0.4 is 5.69 Å². The highest BCUT2D eigenvalue weighted by Crippen LogP contribution is 2.27. The third-order valence-corrected chi connectivity index (χ3v) is 5.67. The van der Waals surface area contributed by atoms with Gasteiger partial charge in [0.1, 0.15) is 5.82 Å². The minimum atomic E-state index is -0.0706. The van der Waals surface area contributed by atoms with E-state index in [9.17, 15) is 9.59 Å². The number of piperidine rings is 1. The van der Waals surface area contributed by atoms with Gasteiger partial charge in [-0.1, -0.05) is 48.5 Å². The molecular formula is C23H26N4O2. The van der Waals surface area contributed by atoms with E-state index in [1.54, 1.807) is 7.05 Å². The van der Waals surface area contributed by atoms with Gasteiger partial charge in [-0.25, -0.2) is 9.48 Å². The zero-order valence-electron chi connectivity index (χ0n) is 16.7. The summed E-state index contributed by atoms with van der Waals surface area (Å²) in [6.45, 7) is 1.98. The zero-order valence-corrected chi connectivity index (χ0v) is 16.7. The number of hydrogen-bond donors (Lipinski definition) is 0. The molecule has 1 saturated heterocycles. The molecule has 4 rings (SSSR count). The molecule has 2 heterocycles. The summed E-state index contributed by atoms with van der Waals surface area (Å²) in [5.41, 5.74) is 1.86. The van der Waals surface area contributed by atoms with E-state index in [1.165, 1.54) is 10.2 Å². The molecule has 0 bridgehead atoms. The van der Waals surface area contributed by atoms with Crippen LogP contribution in [0.4, 0.5) is 0 Å². The van der Waals surface area contributed by atoms with Crippen molar-refractivity contribution in [1.82, 2.24) is 19.2 Å². The predicted octanol–water partition coefficient (Wildman–Crippen LogP) is 2.84. The molecular weight excluding hydrogens is 364 g/mol. The molecule has 1 aliphatic heterocycles. The second-order valence-electron chi connectivity index (χ2n) is 7.58. The summed E-state index contributed by atoms with van der Waals surface area (Å²) in [5, 5.41) is 4.54. The number of nitrogens with zero attached hydrogens (tertiary/aromatic N) is 4. The Morgan fingerprint density at radius 3 is 2.28 bits per heavy atom. The van der Waals surface area contributed by atoms with Gasteiger partial charge < -0.3 is 4.90 Å². The highest BCUT2D eigenvalue weighted by atomic mass is 16.2. The zero-order chi connectivity index (χ0) is 20.2. The number of carbonyl (C=O) groups excluding carboxylic acids is 1. The second kappa shape index (κ2) is 8.47. The van der Waals surface area contributed by atoms with Gasteiger partial charge >= 0.3 is 5.69 Å². The molecule has 6 heteroatoms. The quantitative estimate of drug-likeness (QED) is 0.673. The fourth-order valence-electron chi connectivity index (χ4n) is 4.03. The fraction of sp³-hybridized carbons (Fsp3) is 0.348. The molecule has 29 heavy (non-hydrogen) atoms. The maximum atomic E-state index is 12.7. The Morgan fingerprint density at radius 1 is 1.00 bits per heavy atom. The maximum Gasteiger partial charge on any atom is 0.345 e. The van der Waals surface area contributed by atoms with Gasteiger partial charge in [0.25, 0.3) is 5.91 Å². The highest BCUT2D eigenvalue weighted by Gasteiger charge is 2.28. The molecule has 1 aliphatic rings. The molecule has 0 radical (unpaired) electrons. The molecule has 0 unspecified atom stereocenters. The van der Waals surface area contributed by atoms with E-state index in [0.29, 0.717) is 19.6 Å². The van der Waals surface area contributed by atoms with Crippen LogP contribution in [-0.4, -0.2) is 38.2 Å². The molecule has 1 aromatic heterocycles. The molecule has 0 spiro atoms. The van der Waals surface area contributed by atoms with Crippen LogP contribution in [0.15, 0.2) is 65.5 Å². The molecule has 0 atom stereocenters. The van der Waals surface area contributed by atoms with Crippen molar-refractivity contribution in [2.24, 2.45) is 7.05 Å². The monoisotopic (exact) mass is 390 g/mol. The average molecular weight is 390 g/mol. The van der Waals surface area contributed by atoms with Crippen molar-refractivity contribution < 1.29 is 4.79 Å². The Kier molecular flexibility index (Phi) is 5.60. The van der Waals surface area contributed by atoms with Crippen molar-refractivity contribution in [3.63, 3.8) is 0 Å². The summed E-state index contributed by atoms with van der Waals surface area (Å²) in [6, 6.07) is 19.6. The maximum absolute atomic E-state index is 12.7. The van der Waals surface area contributed by atoms with Gasteiger partial charge in [0.2, 0.25) is 0 Å². The number of benzene rings is 2. The number of aryl methyl sites for hydroxylation is 2. The Balaban J connectivity index is 1.45. The minimum Gasteiger partial charge on any atom is -0.339 e. The lowest BCUT2D eigenvalue weighted by Crippen LogP contribution is -2.38. The Morgan fingerprint density at radius 2 is 1.62 bits per heavy atom. The van der Waals surface area contributed by atoms with E-state index >= 15 is 0 Å². The summed E-state index contributed by atoms with van der Waals surface area (Å²) in [5.74, 6) is 1.12. The lowest BCUT2D eigenvalue weighted by Gasteiger charge is -2.31. The lowest BCUT2D eigenvalue weighted by atomic mass is 9.95. The van der Waals surface area contributed by atoms with Gasteiger partial charge in [0.05, 0.1) is 0 Å². The molecule has 3 aromatic rings. The normalized spacial score (nSPS) is 14.9. The molecule has 150 valence electrons. The largest absolute Gasteiger partial charge is 0.345 e. The summed E-state index contributed by atoms with van der Waals surface area (Å²) >= 11 is 0. The first-order valence-electron chi connectivity index (χ1n) is 10.2. The van der Waals surface area contributed by atoms with Gasteiger partial charge in [-0.3, -0.25) is 9.36 Å². The summed E-state index contributed by atoms with van der Waals surface area (Å²) in [7, 11) is 1.71. The summed E-state index contributed by atoms with van der Waals surface area (Å²) < 4.78 is 3.24. The van der Waals surface area contributed by atoms with Crippen LogP contribution in [-0.2, 0) is 20.0 Å². The van der Waals surface area contributed by atoms with Crippen LogP contribution in [0.2, 0.25) is 0 Å². The van der Waals surface area contributed by atoms with Gasteiger partial charge in [-0.15, -0.1) is 0 Å². The number of amides is 1. The molecule has 1 fully saturated rings. The van der Waals surface area contributed by atoms with E-state index in [1.807, 2.05) is 58.0 Å². The number of aromatic nitrogens is 3. The van der Waals surface area contributed by atoms with Crippen molar-refractivity contribution in [2.45, 2.75) is 31.7 Å². The van der Waals surface area contributed by atoms with Crippen molar-refractivity contribution in [2.75, 3.05) is 13.1 Å². The SMILES string of the molecule is Cn1nc(C2CCN(C(=O)c3ccccc3)CC2)n(CCc2ccccc2)c1=O. The van der Waals surface area contributed by atoms with E-state index in [2.05, 4.69) is 17.2 Å². The number of carbonyl (C=O) groups is 1. The minimum absolute atomic E-state index is 0.0706. The van der Waals surface area contributed by atoms with Gasteiger partial charge in [-0.2, -0.15) is 5.10 Å². The number of hydrogen-bond acceptors (Lipinski definition) is 3. The highest BCUT2D eigenvalue weighted by molar-refractivity contribution is 5.94. The molecule has 0 aliphatic carbocycles. The number of likely N-dealkylation sites (tertiary alicyclic amines) is 1. The smallest absolute Gasteiger partial charge is 0.339 e. The lowest BCUT2D eigenvalue weighted by molar-refractivity contribution is 0.0710. The van der Waals surface area contributed by atoms with E-state index in [4.69, 9.17) is 0 Å². The Labute approximate surface area is 170 Å². The number of rotatable bonds is 5. The molecule has 2 aromatic carbocycles.